The standard InChI is InChI=1S/C22H20ClNO3S/c1-2-28(26,27)21-12-6-16(7-13-21)14-22(25)24-20-10-8-17(9-11-20)18-4-3-5-19(23)15-18/h3-13,15H,2,14H2,1H3,(H,24,25). The summed E-state index contributed by atoms with van der Waals surface area (Å²) in [6.45, 7) is 1.61. The molecule has 144 valence electrons. The van der Waals surface area contributed by atoms with E-state index in [1.54, 1.807) is 31.2 Å². The molecule has 0 saturated carbocycles. The summed E-state index contributed by atoms with van der Waals surface area (Å²) in [5, 5.41) is 3.53. The highest BCUT2D eigenvalue weighted by molar-refractivity contribution is 7.91. The molecule has 4 nitrogen and oxygen atoms in total. The van der Waals surface area contributed by atoms with Crippen LogP contribution in [0.15, 0.2) is 77.7 Å². The van der Waals surface area contributed by atoms with Gasteiger partial charge in [-0.15, -0.1) is 0 Å². The molecule has 0 aliphatic heterocycles. The van der Waals surface area contributed by atoms with Crippen LogP contribution in [-0.2, 0) is 21.1 Å². The van der Waals surface area contributed by atoms with Gasteiger partial charge < -0.3 is 5.32 Å². The Morgan fingerprint density at radius 2 is 1.61 bits per heavy atom. The molecule has 0 aromatic heterocycles. The van der Waals surface area contributed by atoms with Crippen molar-refractivity contribution in [3.8, 4) is 11.1 Å². The number of anilines is 1. The Balaban J connectivity index is 1.63. The van der Waals surface area contributed by atoms with Crippen molar-refractivity contribution >= 4 is 33.0 Å². The average molecular weight is 414 g/mol. The zero-order valence-corrected chi connectivity index (χ0v) is 16.9. The van der Waals surface area contributed by atoms with Gasteiger partial charge in [0.1, 0.15) is 0 Å². The predicted molar refractivity (Wildman–Crippen MR) is 113 cm³/mol. The topological polar surface area (TPSA) is 63.2 Å². The second-order valence-corrected chi connectivity index (χ2v) is 9.07. The number of carbonyl (C=O) groups is 1. The van der Waals surface area contributed by atoms with E-state index in [-0.39, 0.29) is 23.0 Å². The van der Waals surface area contributed by atoms with E-state index in [1.807, 2.05) is 48.5 Å². The molecule has 0 saturated heterocycles. The third-order valence-electron chi connectivity index (χ3n) is 4.35. The number of nitrogens with one attached hydrogen (secondary N) is 1. The summed E-state index contributed by atoms with van der Waals surface area (Å²) in [5.41, 5.74) is 3.46. The summed E-state index contributed by atoms with van der Waals surface area (Å²) in [7, 11) is -3.23. The van der Waals surface area contributed by atoms with Crippen molar-refractivity contribution in [3.63, 3.8) is 0 Å². The van der Waals surface area contributed by atoms with E-state index >= 15 is 0 Å². The van der Waals surface area contributed by atoms with E-state index in [2.05, 4.69) is 5.32 Å². The second kappa shape index (κ2) is 8.59. The molecule has 1 amide bonds. The summed E-state index contributed by atoms with van der Waals surface area (Å²) in [6.07, 6.45) is 0.169. The van der Waals surface area contributed by atoms with Crippen LogP contribution in [0.25, 0.3) is 11.1 Å². The van der Waals surface area contributed by atoms with Crippen LogP contribution in [0.5, 0.6) is 0 Å². The number of hydrogen-bond donors (Lipinski definition) is 1. The van der Waals surface area contributed by atoms with Crippen LogP contribution >= 0.6 is 11.6 Å². The number of carbonyl (C=O) groups excluding carboxylic acids is 1. The van der Waals surface area contributed by atoms with Gasteiger partial charge in [0, 0.05) is 10.7 Å². The molecular weight excluding hydrogens is 394 g/mol. The summed E-state index contributed by atoms with van der Waals surface area (Å²) in [4.78, 5) is 12.5. The van der Waals surface area contributed by atoms with Gasteiger partial charge in [-0.1, -0.05) is 54.9 Å². The fraction of sp³-hybridized carbons (Fsp3) is 0.136. The van der Waals surface area contributed by atoms with Crippen molar-refractivity contribution < 1.29 is 13.2 Å². The van der Waals surface area contributed by atoms with Gasteiger partial charge >= 0.3 is 0 Å². The smallest absolute Gasteiger partial charge is 0.228 e. The molecule has 3 aromatic carbocycles. The molecule has 1 N–H and O–H groups in total. The van der Waals surface area contributed by atoms with E-state index in [0.29, 0.717) is 10.7 Å². The van der Waals surface area contributed by atoms with Crippen LogP contribution in [0.4, 0.5) is 5.69 Å². The van der Waals surface area contributed by atoms with Crippen molar-refractivity contribution in [2.75, 3.05) is 11.1 Å². The van der Waals surface area contributed by atoms with Gasteiger partial charge in [-0.25, -0.2) is 8.42 Å². The van der Waals surface area contributed by atoms with Gasteiger partial charge in [0.25, 0.3) is 0 Å². The normalized spacial score (nSPS) is 11.2. The van der Waals surface area contributed by atoms with Crippen LogP contribution in [0.1, 0.15) is 12.5 Å². The van der Waals surface area contributed by atoms with E-state index in [0.717, 1.165) is 16.7 Å². The first-order chi connectivity index (χ1) is 13.4. The molecule has 28 heavy (non-hydrogen) atoms. The lowest BCUT2D eigenvalue weighted by molar-refractivity contribution is -0.115. The van der Waals surface area contributed by atoms with Crippen LogP contribution in [0, 0.1) is 0 Å². The summed E-state index contributed by atoms with van der Waals surface area (Å²) in [5.74, 6) is -0.112. The Bertz CT molecular complexity index is 1080. The minimum absolute atomic E-state index is 0.0536. The molecule has 0 atom stereocenters. The lowest BCUT2D eigenvalue weighted by Gasteiger charge is -2.08. The van der Waals surface area contributed by atoms with Crippen molar-refractivity contribution in [2.24, 2.45) is 0 Å². The van der Waals surface area contributed by atoms with E-state index in [1.165, 1.54) is 0 Å². The highest BCUT2D eigenvalue weighted by atomic mass is 35.5. The minimum Gasteiger partial charge on any atom is -0.326 e. The molecule has 0 unspecified atom stereocenters. The van der Waals surface area contributed by atoms with E-state index in [4.69, 9.17) is 11.6 Å². The highest BCUT2D eigenvalue weighted by Gasteiger charge is 2.12. The number of rotatable bonds is 6. The monoisotopic (exact) mass is 413 g/mol. The molecule has 0 heterocycles. The minimum atomic E-state index is -3.23. The Morgan fingerprint density at radius 1 is 0.929 bits per heavy atom. The lowest BCUT2D eigenvalue weighted by atomic mass is 10.1. The van der Waals surface area contributed by atoms with Crippen LogP contribution in [-0.4, -0.2) is 20.1 Å². The summed E-state index contributed by atoms with van der Waals surface area (Å²) < 4.78 is 23.7. The van der Waals surface area contributed by atoms with E-state index < -0.39 is 9.84 Å². The zero-order valence-electron chi connectivity index (χ0n) is 15.4. The van der Waals surface area contributed by atoms with Crippen molar-refractivity contribution in [1.29, 1.82) is 0 Å². The molecule has 0 fully saturated rings. The van der Waals surface area contributed by atoms with Gasteiger partial charge in [0.05, 0.1) is 17.1 Å². The van der Waals surface area contributed by atoms with Crippen molar-refractivity contribution in [3.05, 3.63) is 83.4 Å². The molecule has 3 rings (SSSR count). The number of amides is 1. The molecule has 0 aliphatic rings. The van der Waals surface area contributed by atoms with Gasteiger partial charge in [0.2, 0.25) is 5.91 Å². The van der Waals surface area contributed by atoms with Crippen molar-refractivity contribution in [1.82, 2.24) is 0 Å². The molecule has 3 aromatic rings. The SMILES string of the molecule is CCS(=O)(=O)c1ccc(CC(=O)Nc2ccc(-c3cccc(Cl)c3)cc2)cc1. The lowest BCUT2D eigenvalue weighted by Crippen LogP contribution is -2.14. The van der Waals surface area contributed by atoms with E-state index in [9.17, 15) is 13.2 Å². The first kappa shape index (κ1) is 20.1. The highest BCUT2D eigenvalue weighted by Crippen LogP contribution is 2.24. The summed E-state index contributed by atoms with van der Waals surface area (Å²) in [6, 6.07) is 21.5. The Morgan fingerprint density at radius 3 is 2.21 bits per heavy atom. The first-order valence-electron chi connectivity index (χ1n) is 8.85. The third kappa shape index (κ3) is 5.00. The fourth-order valence-electron chi connectivity index (χ4n) is 2.79. The van der Waals surface area contributed by atoms with Gasteiger partial charge in [-0.2, -0.15) is 0 Å². The second-order valence-electron chi connectivity index (χ2n) is 6.36. The maximum absolute atomic E-state index is 12.3. The Kier molecular flexibility index (Phi) is 6.17. The van der Waals surface area contributed by atoms with Gasteiger partial charge in [-0.05, 0) is 53.1 Å². The Labute approximate surface area is 170 Å². The number of hydrogen-bond acceptors (Lipinski definition) is 3. The van der Waals surface area contributed by atoms with Crippen LogP contribution in [0.3, 0.4) is 0 Å². The first-order valence-corrected chi connectivity index (χ1v) is 10.9. The maximum Gasteiger partial charge on any atom is 0.228 e. The molecule has 0 spiro atoms. The fourth-order valence-corrected chi connectivity index (χ4v) is 3.86. The average Bonchev–Trinajstić information content (AvgIpc) is 2.69. The molecule has 0 aliphatic carbocycles. The number of sulfone groups is 1. The van der Waals surface area contributed by atoms with Gasteiger partial charge in [0.15, 0.2) is 9.84 Å². The molecule has 0 bridgehead atoms. The molecular formula is C22H20ClNO3S. The van der Waals surface area contributed by atoms with Crippen molar-refractivity contribution in [2.45, 2.75) is 18.2 Å². The molecule has 0 radical (unpaired) electrons. The number of halogens is 1. The van der Waals surface area contributed by atoms with Crippen LogP contribution in [0.2, 0.25) is 5.02 Å². The third-order valence-corrected chi connectivity index (χ3v) is 6.34. The Hall–Kier alpha value is -2.63. The largest absolute Gasteiger partial charge is 0.326 e. The predicted octanol–water partition coefficient (Wildman–Crippen LogP) is 4.98. The quantitative estimate of drug-likeness (QED) is 0.619. The van der Waals surface area contributed by atoms with Crippen LogP contribution < -0.4 is 5.32 Å². The summed E-state index contributed by atoms with van der Waals surface area (Å²) >= 11 is 6.02. The van der Waals surface area contributed by atoms with Gasteiger partial charge in [-0.3, -0.25) is 4.79 Å². The zero-order chi connectivity index (χ0) is 20.1. The molecule has 6 heteroatoms. The maximum atomic E-state index is 12.3. The number of benzene rings is 3.